The van der Waals surface area contributed by atoms with Crippen LogP contribution in [-0.2, 0) is 14.6 Å². The van der Waals surface area contributed by atoms with E-state index in [0.29, 0.717) is 5.92 Å². The monoisotopic (exact) mass is 311 g/mol. The number of carboxylic acids is 1. The molecule has 6 heteroatoms. The standard InChI is InChI=1S/C15H21NO4S/c1-11(16(10-15(17)18)9-12-3-4-12)13-5-7-14(8-6-13)21(2,19)20/h5-8,11-12H,3-4,9-10H2,1-2H3,(H,17,18). The number of aliphatic carboxylic acids is 1. The molecular formula is C15H21NO4S. The van der Waals surface area contributed by atoms with Crippen LogP contribution in [0.3, 0.4) is 0 Å². The zero-order valence-electron chi connectivity index (χ0n) is 12.3. The van der Waals surface area contributed by atoms with Crippen LogP contribution < -0.4 is 0 Å². The van der Waals surface area contributed by atoms with Gasteiger partial charge in [0.15, 0.2) is 9.84 Å². The summed E-state index contributed by atoms with van der Waals surface area (Å²) in [5, 5.41) is 9.04. The third kappa shape index (κ3) is 4.54. The summed E-state index contributed by atoms with van der Waals surface area (Å²) < 4.78 is 22.9. The molecular weight excluding hydrogens is 290 g/mol. The summed E-state index contributed by atoms with van der Waals surface area (Å²) >= 11 is 0. The van der Waals surface area contributed by atoms with Crippen LogP contribution in [0.25, 0.3) is 0 Å². The van der Waals surface area contributed by atoms with E-state index < -0.39 is 15.8 Å². The molecule has 0 bridgehead atoms. The van der Waals surface area contributed by atoms with E-state index in [-0.39, 0.29) is 17.5 Å². The fourth-order valence-corrected chi connectivity index (χ4v) is 3.00. The molecule has 1 atom stereocenters. The lowest BCUT2D eigenvalue weighted by Crippen LogP contribution is -2.34. The maximum atomic E-state index is 11.5. The lowest BCUT2D eigenvalue weighted by atomic mass is 10.1. The highest BCUT2D eigenvalue weighted by Gasteiger charge is 2.28. The molecule has 0 heterocycles. The van der Waals surface area contributed by atoms with Crippen molar-refractivity contribution in [1.29, 1.82) is 0 Å². The topological polar surface area (TPSA) is 74.7 Å². The van der Waals surface area contributed by atoms with Crippen LogP contribution in [0.15, 0.2) is 29.2 Å². The summed E-state index contributed by atoms with van der Waals surface area (Å²) in [4.78, 5) is 13.2. The summed E-state index contributed by atoms with van der Waals surface area (Å²) in [6.07, 6.45) is 3.50. The van der Waals surface area contributed by atoms with Crippen LogP contribution in [0, 0.1) is 5.92 Å². The van der Waals surface area contributed by atoms with Gasteiger partial charge in [0.25, 0.3) is 0 Å². The molecule has 0 radical (unpaired) electrons. The number of hydrogen-bond donors (Lipinski definition) is 1. The SMILES string of the molecule is CC(c1ccc(S(C)(=O)=O)cc1)N(CC(=O)O)CC1CC1. The van der Waals surface area contributed by atoms with Crippen molar-refractivity contribution in [2.45, 2.75) is 30.7 Å². The maximum absolute atomic E-state index is 11.5. The second-order valence-corrected chi connectivity index (χ2v) is 7.80. The molecule has 5 nitrogen and oxygen atoms in total. The zero-order valence-corrected chi connectivity index (χ0v) is 13.1. The Kier molecular flexibility index (Phi) is 4.68. The van der Waals surface area contributed by atoms with Crippen LogP contribution in [0.5, 0.6) is 0 Å². The zero-order chi connectivity index (χ0) is 15.6. The number of benzene rings is 1. The summed E-state index contributed by atoms with van der Waals surface area (Å²) in [5.41, 5.74) is 0.935. The van der Waals surface area contributed by atoms with E-state index in [1.807, 2.05) is 11.8 Å². The quantitative estimate of drug-likeness (QED) is 0.833. The fourth-order valence-electron chi connectivity index (χ4n) is 2.37. The van der Waals surface area contributed by atoms with E-state index in [0.717, 1.165) is 24.9 Å². The second-order valence-electron chi connectivity index (χ2n) is 5.78. The molecule has 0 amide bonds. The van der Waals surface area contributed by atoms with Crippen LogP contribution in [0.2, 0.25) is 0 Å². The third-order valence-electron chi connectivity index (χ3n) is 3.87. The molecule has 2 rings (SSSR count). The molecule has 1 aliphatic rings. The van der Waals surface area contributed by atoms with E-state index >= 15 is 0 Å². The maximum Gasteiger partial charge on any atom is 0.317 e. The lowest BCUT2D eigenvalue weighted by Gasteiger charge is -2.28. The average Bonchev–Trinajstić information content (AvgIpc) is 3.20. The van der Waals surface area contributed by atoms with Crippen molar-refractivity contribution in [3.8, 4) is 0 Å². The van der Waals surface area contributed by atoms with Crippen LogP contribution in [0.1, 0.15) is 31.4 Å². The number of hydrogen-bond acceptors (Lipinski definition) is 4. The molecule has 0 aliphatic heterocycles. The smallest absolute Gasteiger partial charge is 0.317 e. The van der Waals surface area contributed by atoms with Gasteiger partial charge in [-0.05, 0) is 43.4 Å². The Balaban J connectivity index is 2.14. The predicted molar refractivity (Wildman–Crippen MR) is 79.9 cm³/mol. The second kappa shape index (κ2) is 6.15. The van der Waals surface area contributed by atoms with E-state index in [1.165, 1.54) is 6.26 Å². The fraction of sp³-hybridized carbons (Fsp3) is 0.533. The first-order valence-electron chi connectivity index (χ1n) is 7.03. The van der Waals surface area contributed by atoms with Crippen molar-refractivity contribution in [3.05, 3.63) is 29.8 Å². The van der Waals surface area contributed by atoms with Gasteiger partial charge in [-0.1, -0.05) is 12.1 Å². The minimum Gasteiger partial charge on any atom is -0.480 e. The van der Waals surface area contributed by atoms with Gasteiger partial charge in [-0.15, -0.1) is 0 Å². The summed E-state index contributed by atoms with van der Waals surface area (Å²) in [6.45, 7) is 2.74. The van der Waals surface area contributed by atoms with Gasteiger partial charge >= 0.3 is 5.97 Å². The van der Waals surface area contributed by atoms with Crippen LogP contribution >= 0.6 is 0 Å². The molecule has 1 aromatic rings. The third-order valence-corrected chi connectivity index (χ3v) is 4.99. The van der Waals surface area contributed by atoms with Crippen molar-refractivity contribution < 1.29 is 18.3 Å². The number of sulfone groups is 1. The van der Waals surface area contributed by atoms with Gasteiger partial charge in [0, 0.05) is 18.8 Å². The first kappa shape index (κ1) is 16.0. The normalized spacial score (nSPS) is 16.9. The number of rotatable bonds is 7. The van der Waals surface area contributed by atoms with E-state index in [1.54, 1.807) is 24.3 Å². The first-order chi connectivity index (χ1) is 9.77. The van der Waals surface area contributed by atoms with Crippen molar-refractivity contribution in [2.24, 2.45) is 5.92 Å². The number of carbonyl (C=O) groups is 1. The van der Waals surface area contributed by atoms with E-state index in [2.05, 4.69) is 0 Å². The minimum atomic E-state index is -3.20. The van der Waals surface area contributed by atoms with Crippen molar-refractivity contribution >= 4 is 15.8 Å². The van der Waals surface area contributed by atoms with Gasteiger partial charge in [0.2, 0.25) is 0 Å². The van der Waals surface area contributed by atoms with Crippen LogP contribution in [0.4, 0.5) is 0 Å². The Labute approximate surface area is 125 Å². The van der Waals surface area contributed by atoms with Gasteiger partial charge in [-0.2, -0.15) is 0 Å². The highest BCUT2D eigenvalue weighted by atomic mass is 32.2. The molecule has 0 saturated heterocycles. The van der Waals surface area contributed by atoms with Crippen molar-refractivity contribution in [1.82, 2.24) is 4.90 Å². The lowest BCUT2D eigenvalue weighted by molar-refractivity contribution is -0.139. The molecule has 1 unspecified atom stereocenters. The summed E-state index contributed by atoms with van der Waals surface area (Å²) in [7, 11) is -3.20. The van der Waals surface area contributed by atoms with Gasteiger partial charge in [0.1, 0.15) is 0 Å². The Morgan fingerprint density at radius 1 is 1.33 bits per heavy atom. The Morgan fingerprint density at radius 3 is 2.33 bits per heavy atom. The number of carboxylic acid groups (broad SMARTS) is 1. The van der Waals surface area contributed by atoms with Crippen LogP contribution in [-0.4, -0.2) is 43.7 Å². The first-order valence-corrected chi connectivity index (χ1v) is 8.92. The highest BCUT2D eigenvalue weighted by Crippen LogP contribution is 2.32. The molecule has 1 N–H and O–H groups in total. The van der Waals surface area contributed by atoms with Gasteiger partial charge in [-0.3, -0.25) is 9.69 Å². The predicted octanol–water partition coefficient (Wildman–Crippen LogP) is 1.95. The molecule has 1 aliphatic carbocycles. The highest BCUT2D eigenvalue weighted by molar-refractivity contribution is 7.90. The van der Waals surface area contributed by atoms with Gasteiger partial charge in [0.05, 0.1) is 11.4 Å². The molecule has 1 fully saturated rings. The molecule has 0 spiro atoms. The number of nitrogens with zero attached hydrogens (tertiary/aromatic N) is 1. The van der Waals surface area contributed by atoms with Gasteiger partial charge in [-0.25, -0.2) is 8.42 Å². The molecule has 21 heavy (non-hydrogen) atoms. The van der Waals surface area contributed by atoms with Gasteiger partial charge < -0.3 is 5.11 Å². The average molecular weight is 311 g/mol. The van der Waals surface area contributed by atoms with E-state index in [9.17, 15) is 13.2 Å². The molecule has 116 valence electrons. The largest absolute Gasteiger partial charge is 0.480 e. The van der Waals surface area contributed by atoms with Crippen molar-refractivity contribution in [3.63, 3.8) is 0 Å². The summed E-state index contributed by atoms with van der Waals surface area (Å²) in [6, 6.07) is 6.65. The Bertz CT molecular complexity index is 605. The Hall–Kier alpha value is -1.40. The van der Waals surface area contributed by atoms with Crippen molar-refractivity contribution in [2.75, 3.05) is 19.3 Å². The van der Waals surface area contributed by atoms with E-state index in [4.69, 9.17) is 5.11 Å². The molecule has 1 aromatic carbocycles. The molecule has 1 saturated carbocycles. The Morgan fingerprint density at radius 2 is 1.90 bits per heavy atom. The minimum absolute atomic E-state index is 0.00545. The molecule has 0 aromatic heterocycles. The summed E-state index contributed by atoms with van der Waals surface area (Å²) in [5.74, 6) is -0.239.